The second-order valence-electron chi connectivity index (χ2n) is 12.8. The first-order valence-electron chi connectivity index (χ1n) is 13.5. The Morgan fingerprint density at radius 2 is 1.77 bits per heavy atom. The lowest BCUT2D eigenvalue weighted by Crippen LogP contribution is -2.53. The summed E-state index contributed by atoms with van der Waals surface area (Å²) in [6.07, 6.45) is 13.5. The van der Waals surface area contributed by atoms with Gasteiger partial charge in [0, 0.05) is 5.92 Å². The van der Waals surface area contributed by atoms with E-state index in [1.165, 1.54) is 50.5 Å². The summed E-state index contributed by atoms with van der Waals surface area (Å²) in [5.74, 6) is 4.90. The van der Waals surface area contributed by atoms with Crippen LogP contribution in [0.3, 0.4) is 0 Å². The van der Waals surface area contributed by atoms with Crippen molar-refractivity contribution >= 4 is 5.78 Å². The molecule has 2 heteroatoms. The minimum atomic E-state index is -0.243. The first-order valence-corrected chi connectivity index (χ1v) is 13.5. The molecule has 31 heavy (non-hydrogen) atoms. The molecule has 176 valence electrons. The van der Waals surface area contributed by atoms with Crippen molar-refractivity contribution in [2.24, 2.45) is 52.3 Å². The summed E-state index contributed by atoms with van der Waals surface area (Å²) in [5, 5.41) is 10.2. The molecule has 9 atom stereocenters. The maximum absolute atomic E-state index is 13.5. The Kier molecular flexibility index (Phi) is 6.54. The van der Waals surface area contributed by atoms with Crippen molar-refractivity contribution in [3.05, 3.63) is 11.6 Å². The highest BCUT2D eigenvalue weighted by Gasteiger charge is 2.61. The summed E-state index contributed by atoms with van der Waals surface area (Å²) in [7, 11) is 0. The fourth-order valence-electron chi connectivity index (χ4n) is 9.04. The number of allylic oxidation sites excluding steroid dienone is 1. The lowest BCUT2D eigenvalue weighted by Gasteiger charge is -2.57. The molecular weight excluding hydrogens is 380 g/mol. The lowest BCUT2D eigenvalue weighted by molar-refractivity contribution is -0.135. The summed E-state index contributed by atoms with van der Waals surface area (Å²) in [4.78, 5) is 13.5. The van der Waals surface area contributed by atoms with Crippen LogP contribution in [0.15, 0.2) is 11.6 Å². The molecule has 4 rings (SSSR count). The van der Waals surface area contributed by atoms with Gasteiger partial charge in [0.2, 0.25) is 0 Å². The predicted octanol–water partition coefficient (Wildman–Crippen LogP) is 7.20. The van der Waals surface area contributed by atoms with Gasteiger partial charge in [0.15, 0.2) is 5.78 Å². The van der Waals surface area contributed by atoms with Crippen molar-refractivity contribution in [1.82, 2.24) is 0 Å². The zero-order chi connectivity index (χ0) is 22.6. The maximum Gasteiger partial charge on any atom is 0.159 e. The van der Waals surface area contributed by atoms with Crippen LogP contribution in [0.2, 0.25) is 0 Å². The van der Waals surface area contributed by atoms with Gasteiger partial charge in [0.05, 0.1) is 6.10 Å². The molecule has 0 heterocycles. The zero-order valence-corrected chi connectivity index (χ0v) is 21.1. The molecule has 1 N–H and O–H groups in total. The summed E-state index contributed by atoms with van der Waals surface area (Å²) in [5.41, 5.74) is 1.75. The minimum absolute atomic E-state index is 0.147. The third-order valence-electron chi connectivity index (χ3n) is 11.1. The molecule has 0 radical (unpaired) electrons. The minimum Gasteiger partial charge on any atom is -0.393 e. The molecular formula is C29H48O2. The van der Waals surface area contributed by atoms with Crippen LogP contribution in [0.5, 0.6) is 0 Å². The van der Waals surface area contributed by atoms with Crippen LogP contribution in [0, 0.1) is 52.3 Å². The number of carbonyl (C=O) groups is 1. The van der Waals surface area contributed by atoms with E-state index in [1.54, 1.807) is 0 Å². The fourth-order valence-corrected chi connectivity index (χ4v) is 9.04. The Labute approximate surface area is 191 Å². The number of aliphatic hydroxyl groups excluding tert-OH is 1. The van der Waals surface area contributed by atoms with E-state index >= 15 is 0 Å². The number of aliphatic hydroxyl groups is 1. The maximum atomic E-state index is 13.5. The third kappa shape index (κ3) is 3.87. The number of hydrogen-bond acceptors (Lipinski definition) is 2. The van der Waals surface area contributed by atoms with Crippen LogP contribution >= 0.6 is 0 Å². The Morgan fingerprint density at radius 1 is 1.03 bits per heavy atom. The van der Waals surface area contributed by atoms with Crippen LogP contribution in [0.4, 0.5) is 0 Å². The monoisotopic (exact) mass is 428 g/mol. The van der Waals surface area contributed by atoms with Crippen LogP contribution in [-0.4, -0.2) is 17.0 Å². The van der Waals surface area contributed by atoms with E-state index in [9.17, 15) is 9.90 Å². The van der Waals surface area contributed by atoms with E-state index in [-0.39, 0.29) is 17.4 Å². The van der Waals surface area contributed by atoms with Crippen molar-refractivity contribution in [1.29, 1.82) is 0 Å². The van der Waals surface area contributed by atoms with E-state index in [1.807, 2.05) is 6.08 Å². The third-order valence-corrected chi connectivity index (χ3v) is 11.1. The molecule has 0 bridgehead atoms. The molecule has 0 saturated heterocycles. The van der Waals surface area contributed by atoms with E-state index in [0.717, 1.165) is 42.9 Å². The van der Waals surface area contributed by atoms with Crippen molar-refractivity contribution in [2.45, 2.75) is 112 Å². The predicted molar refractivity (Wildman–Crippen MR) is 129 cm³/mol. The van der Waals surface area contributed by atoms with Gasteiger partial charge in [-0.05, 0) is 104 Å². The molecule has 0 aliphatic heterocycles. The van der Waals surface area contributed by atoms with Gasteiger partial charge in [-0.2, -0.15) is 0 Å². The number of rotatable bonds is 6. The highest BCUT2D eigenvalue weighted by Crippen LogP contribution is 2.66. The number of hydrogen-bond donors (Lipinski definition) is 1. The van der Waals surface area contributed by atoms with Gasteiger partial charge in [-0.15, -0.1) is 0 Å². The fraction of sp³-hybridized carbons (Fsp3) is 0.897. The average Bonchev–Trinajstić information content (AvgIpc) is 3.06. The molecule has 0 aromatic heterocycles. The normalized spacial score (nSPS) is 44.3. The van der Waals surface area contributed by atoms with E-state index in [2.05, 4.69) is 41.5 Å². The van der Waals surface area contributed by atoms with Crippen molar-refractivity contribution < 1.29 is 9.90 Å². The Morgan fingerprint density at radius 3 is 2.45 bits per heavy atom. The quantitative estimate of drug-likeness (QED) is 0.485. The second-order valence-corrected chi connectivity index (χ2v) is 12.8. The van der Waals surface area contributed by atoms with Crippen LogP contribution in [0.1, 0.15) is 106 Å². The van der Waals surface area contributed by atoms with Gasteiger partial charge >= 0.3 is 0 Å². The number of fused-ring (bicyclic) bond motifs is 5. The van der Waals surface area contributed by atoms with Gasteiger partial charge in [-0.3, -0.25) is 4.79 Å². The standard InChI is InChI=1S/C29H48O2/c1-7-20(18(2)3)9-8-19(4)23-10-11-24-27-25(13-15-29(23,24)6)28(5)14-12-22(30)16-21(28)17-26(27)31/h17-20,22-25,27,30H,7-16H2,1-6H3/t19-,20?,22+,23-,24+,25+,27+,28+,29-/m1/s1. The highest BCUT2D eigenvalue weighted by molar-refractivity contribution is 5.94. The molecule has 2 nitrogen and oxygen atoms in total. The lowest BCUT2D eigenvalue weighted by atomic mass is 9.46. The van der Waals surface area contributed by atoms with Crippen molar-refractivity contribution in [3.63, 3.8) is 0 Å². The largest absolute Gasteiger partial charge is 0.393 e. The smallest absolute Gasteiger partial charge is 0.159 e. The summed E-state index contributed by atoms with van der Waals surface area (Å²) in [6.45, 7) is 14.6. The zero-order valence-electron chi connectivity index (χ0n) is 21.1. The summed E-state index contributed by atoms with van der Waals surface area (Å²) in [6, 6.07) is 0. The highest BCUT2D eigenvalue weighted by atomic mass is 16.3. The Bertz CT molecular complexity index is 708. The Hall–Kier alpha value is -0.630. The molecule has 1 unspecified atom stereocenters. The summed E-state index contributed by atoms with van der Waals surface area (Å²) >= 11 is 0. The topological polar surface area (TPSA) is 37.3 Å². The molecule has 4 aliphatic rings. The molecule has 3 saturated carbocycles. The van der Waals surface area contributed by atoms with Gasteiger partial charge in [0.25, 0.3) is 0 Å². The molecule has 0 aromatic rings. The van der Waals surface area contributed by atoms with E-state index in [4.69, 9.17) is 0 Å². The van der Waals surface area contributed by atoms with E-state index in [0.29, 0.717) is 23.0 Å². The van der Waals surface area contributed by atoms with Gasteiger partial charge < -0.3 is 5.11 Å². The first-order chi connectivity index (χ1) is 14.6. The summed E-state index contributed by atoms with van der Waals surface area (Å²) < 4.78 is 0. The molecule has 4 aliphatic carbocycles. The van der Waals surface area contributed by atoms with Crippen molar-refractivity contribution in [3.8, 4) is 0 Å². The number of ketones is 1. The van der Waals surface area contributed by atoms with Crippen LogP contribution in [-0.2, 0) is 4.79 Å². The van der Waals surface area contributed by atoms with Crippen molar-refractivity contribution in [2.75, 3.05) is 0 Å². The molecule has 0 spiro atoms. The second kappa shape index (κ2) is 8.62. The Balaban J connectivity index is 1.52. The number of carbonyl (C=O) groups excluding carboxylic acids is 1. The van der Waals surface area contributed by atoms with Gasteiger partial charge in [-0.25, -0.2) is 0 Å². The molecule has 0 aromatic carbocycles. The SMILES string of the molecule is CCC(CC[C@@H](C)[C@H]1CC[C@H]2[C@@H]3C(=O)C=C4C[C@@H](O)CC[C@]4(C)[C@H]3CC[C@]12C)C(C)C. The first kappa shape index (κ1) is 23.5. The van der Waals surface area contributed by atoms with Crippen LogP contribution in [0.25, 0.3) is 0 Å². The average molecular weight is 429 g/mol. The van der Waals surface area contributed by atoms with Crippen LogP contribution < -0.4 is 0 Å². The molecule has 0 amide bonds. The van der Waals surface area contributed by atoms with E-state index < -0.39 is 0 Å². The molecule has 3 fully saturated rings. The van der Waals surface area contributed by atoms with Gasteiger partial charge in [-0.1, -0.05) is 60.0 Å². The van der Waals surface area contributed by atoms with Gasteiger partial charge in [0.1, 0.15) is 0 Å².